The summed E-state index contributed by atoms with van der Waals surface area (Å²) < 4.78 is 5.74. The van der Waals surface area contributed by atoms with Gasteiger partial charge >= 0.3 is 5.97 Å². The zero-order chi connectivity index (χ0) is 16.1. The highest BCUT2D eigenvalue weighted by Crippen LogP contribution is 2.25. The Morgan fingerprint density at radius 2 is 1.95 bits per heavy atom. The van der Waals surface area contributed by atoms with Crippen molar-refractivity contribution in [2.75, 3.05) is 13.7 Å². The molecule has 0 fully saturated rings. The van der Waals surface area contributed by atoms with Gasteiger partial charge in [0, 0.05) is 0 Å². The number of carboxylic acid groups (broad SMARTS) is 1. The fourth-order valence-corrected chi connectivity index (χ4v) is 2.01. The summed E-state index contributed by atoms with van der Waals surface area (Å²) in [6.07, 6.45) is 1.21. The number of carboxylic acids is 1. The number of hydrogen-bond acceptors (Lipinski definition) is 3. The Balaban J connectivity index is 2.52. The van der Waals surface area contributed by atoms with E-state index in [1.54, 1.807) is 14.0 Å². The molecule has 0 aromatic heterocycles. The van der Waals surface area contributed by atoms with Crippen molar-refractivity contribution >= 4 is 5.97 Å². The standard InChI is InChI=1S/C17H27NO3/c1-16(2,3)13-8-6-9-14(12-13)21-11-7-10-17(4,18-5)15(19)20/h6,8-9,12,18H,7,10-11H2,1-5H3,(H,19,20). The van der Waals surface area contributed by atoms with Crippen molar-refractivity contribution in [2.24, 2.45) is 0 Å². The van der Waals surface area contributed by atoms with Gasteiger partial charge in [-0.05, 0) is 49.9 Å². The van der Waals surface area contributed by atoms with Gasteiger partial charge in [-0.3, -0.25) is 4.79 Å². The van der Waals surface area contributed by atoms with Crippen LogP contribution in [0.2, 0.25) is 0 Å². The van der Waals surface area contributed by atoms with Crippen LogP contribution in [0.5, 0.6) is 5.75 Å². The van der Waals surface area contributed by atoms with Crippen molar-refractivity contribution in [1.82, 2.24) is 5.32 Å². The van der Waals surface area contributed by atoms with Crippen LogP contribution in [-0.4, -0.2) is 30.3 Å². The first-order valence-corrected chi connectivity index (χ1v) is 7.35. The first-order chi connectivity index (χ1) is 9.69. The molecule has 1 unspecified atom stereocenters. The van der Waals surface area contributed by atoms with Gasteiger partial charge in [0.2, 0.25) is 0 Å². The molecule has 0 amide bonds. The van der Waals surface area contributed by atoms with Crippen LogP contribution in [0, 0.1) is 0 Å². The van der Waals surface area contributed by atoms with Crippen molar-refractivity contribution in [2.45, 2.75) is 51.5 Å². The first-order valence-electron chi connectivity index (χ1n) is 7.35. The highest BCUT2D eigenvalue weighted by molar-refractivity contribution is 5.78. The summed E-state index contributed by atoms with van der Waals surface area (Å²) in [5.74, 6) is 0.00337. The molecule has 2 N–H and O–H groups in total. The number of likely N-dealkylation sites (N-methyl/N-ethyl adjacent to an activating group) is 1. The molecule has 118 valence electrons. The molecule has 0 aliphatic carbocycles. The molecule has 21 heavy (non-hydrogen) atoms. The lowest BCUT2D eigenvalue weighted by Gasteiger charge is -2.24. The molecule has 4 heteroatoms. The Morgan fingerprint density at radius 1 is 1.29 bits per heavy atom. The maximum Gasteiger partial charge on any atom is 0.323 e. The van der Waals surface area contributed by atoms with Crippen LogP contribution in [0.1, 0.15) is 46.1 Å². The molecular formula is C17H27NO3. The Kier molecular flexibility index (Phi) is 5.78. The van der Waals surface area contributed by atoms with E-state index in [9.17, 15) is 9.90 Å². The third-order valence-electron chi connectivity index (χ3n) is 3.81. The average molecular weight is 293 g/mol. The second-order valence-corrected chi connectivity index (χ2v) is 6.62. The number of ether oxygens (including phenoxy) is 1. The summed E-state index contributed by atoms with van der Waals surface area (Å²) >= 11 is 0. The van der Waals surface area contributed by atoms with Gasteiger partial charge in [-0.15, -0.1) is 0 Å². The van der Waals surface area contributed by atoms with Gasteiger partial charge in [-0.1, -0.05) is 32.9 Å². The predicted molar refractivity (Wildman–Crippen MR) is 85.0 cm³/mol. The zero-order valence-corrected chi connectivity index (χ0v) is 13.7. The molecule has 0 aliphatic heterocycles. The number of aliphatic carboxylic acids is 1. The summed E-state index contributed by atoms with van der Waals surface area (Å²) in [5, 5.41) is 12.0. The molecule has 1 rings (SSSR count). The molecule has 0 radical (unpaired) electrons. The van der Waals surface area contributed by atoms with Crippen LogP contribution < -0.4 is 10.1 Å². The van der Waals surface area contributed by atoms with E-state index in [4.69, 9.17) is 4.74 Å². The van der Waals surface area contributed by atoms with Crippen molar-refractivity contribution in [3.05, 3.63) is 29.8 Å². The average Bonchev–Trinajstić information content (AvgIpc) is 2.42. The van der Waals surface area contributed by atoms with E-state index in [0.717, 1.165) is 5.75 Å². The number of rotatable bonds is 7. The van der Waals surface area contributed by atoms with E-state index in [0.29, 0.717) is 19.4 Å². The Hall–Kier alpha value is -1.55. The summed E-state index contributed by atoms with van der Waals surface area (Å²) in [6, 6.07) is 8.07. The largest absolute Gasteiger partial charge is 0.494 e. The fraction of sp³-hybridized carbons (Fsp3) is 0.588. The van der Waals surface area contributed by atoms with Crippen LogP contribution in [0.25, 0.3) is 0 Å². The SMILES string of the molecule is CNC(C)(CCCOc1cccc(C(C)(C)C)c1)C(=O)O. The number of carbonyl (C=O) groups is 1. The van der Waals surface area contributed by atoms with Gasteiger partial charge in [0.1, 0.15) is 11.3 Å². The number of hydrogen-bond donors (Lipinski definition) is 2. The zero-order valence-electron chi connectivity index (χ0n) is 13.7. The fourth-order valence-electron chi connectivity index (χ4n) is 2.01. The maximum atomic E-state index is 11.2. The molecule has 0 spiro atoms. The summed E-state index contributed by atoms with van der Waals surface area (Å²) in [5.41, 5.74) is 0.426. The Bertz CT molecular complexity index is 479. The molecule has 0 aliphatic rings. The quantitative estimate of drug-likeness (QED) is 0.758. The minimum atomic E-state index is -0.892. The second kappa shape index (κ2) is 6.94. The van der Waals surface area contributed by atoms with E-state index < -0.39 is 11.5 Å². The number of nitrogens with one attached hydrogen (secondary N) is 1. The molecule has 1 aromatic rings. The molecular weight excluding hydrogens is 266 g/mol. The Morgan fingerprint density at radius 3 is 2.48 bits per heavy atom. The maximum absolute atomic E-state index is 11.2. The summed E-state index contributed by atoms with van der Waals surface area (Å²) in [6.45, 7) is 8.69. The van der Waals surface area contributed by atoms with Crippen LogP contribution in [0.3, 0.4) is 0 Å². The van der Waals surface area contributed by atoms with Gasteiger partial charge in [-0.2, -0.15) is 0 Å². The minimum absolute atomic E-state index is 0.0907. The van der Waals surface area contributed by atoms with Crippen molar-refractivity contribution in [1.29, 1.82) is 0 Å². The van der Waals surface area contributed by atoms with E-state index in [1.165, 1.54) is 5.56 Å². The van der Waals surface area contributed by atoms with Crippen LogP contribution in [0.4, 0.5) is 0 Å². The van der Waals surface area contributed by atoms with Crippen LogP contribution >= 0.6 is 0 Å². The monoisotopic (exact) mass is 293 g/mol. The highest BCUT2D eigenvalue weighted by atomic mass is 16.5. The molecule has 0 saturated heterocycles. The van der Waals surface area contributed by atoms with Gasteiger partial charge in [0.05, 0.1) is 6.61 Å². The molecule has 4 nitrogen and oxygen atoms in total. The van der Waals surface area contributed by atoms with Gasteiger partial charge in [0.25, 0.3) is 0 Å². The first kappa shape index (κ1) is 17.5. The minimum Gasteiger partial charge on any atom is -0.494 e. The Labute approximate surface area is 127 Å². The molecule has 0 bridgehead atoms. The lowest BCUT2D eigenvalue weighted by molar-refractivity contribution is -0.144. The third kappa shape index (κ3) is 5.05. The van der Waals surface area contributed by atoms with E-state index in [-0.39, 0.29) is 5.41 Å². The second-order valence-electron chi connectivity index (χ2n) is 6.62. The van der Waals surface area contributed by atoms with E-state index in [2.05, 4.69) is 38.2 Å². The summed E-state index contributed by atoms with van der Waals surface area (Å²) in [4.78, 5) is 11.2. The normalized spacial score (nSPS) is 14.5. The van der Waals surface area contributed by atoms with Crippen LogP contribution in [0.15, 0.2) is 24.3 Å². The van der Waals surface area contributed by atoms with Crippen molar-refractivity contribution in [3.63, 3.8) is 0 Å². The van der Waals surface area contributed by atoms with Crippen molar-refractivity contribution < 1.29 is 14.6 Å². The van der Waals surface area contributed by atoms with Gasteiger partial charge in [-0.25, -0.2) is 0 Å². The molecule has 0 heterocycles. The van der Waals surface area contributed by atoms with Crippen molar-refractivity contribution in [3.8, 4) is 5.75 Å². The molecule has 1 atom stereocenters. The topological polar surface area (TPSA) is 58.6 Å². The highest BCUT2D eigenvalue weighted by Gasteiger charge is 2.30. The van der Waals surface area contributed by atoms with Gasteiger partial charge in [0.15, 0.2) is 0 Å². The predicted octanol–water partition coefficient (Wildman–Crippen LogP) is 3.21. The molecule has 0 saturated carbocycles. The lowest BCUT2D eigenvalue weighted by Crippen LogP contribution is -2.47. The number of benzene rings is 1. The van der Waals surface area contributed by atoms with E-state index >= 15 is 0 Å². The third-order valence-corrected chi connectivity index (χ3v) is 3.81. The summed E-state index contributed by atoms with van der Waals surface area (Å²) in [7, 11) is 1.67. The van der Waals surface area contributed by atoms with Crippen LogP contribution in [-0.2, 0) is 10.2 Å². The molecule has 1 aromatic carbocycles. The lowest BCUT2D eigenvalue weighted by atomic mass is 9.87. The van der Waals surface area contributed by atoms with E-state index in [1.807, 2.05) is 12.1 Å². The smallest absolute Gasteiger partial charge is 0.323 e. The van der Waals surface area contributed by atoms with Gasteiger partial charge < -0.3 is 15.2 Å².